The Kier molecular flexibility index (Phi) is 6.50. The van der Waals surface area contributed by atoms with Gasteiger partial charge in [0.05, 0.1) is 0 Å². The monoisotopic (exact) mass is 283 g/mol. The number of carbonyl (C=O) groups is 2. The van der Waals surface area contributed by atoms with Gasteiger partial charge in [-0.05, 0) is 49.9 Å². The van der Waals surface area contributed by atoms with Crippen molar-refractivity contribution in [3.8, 4) is 0 Å². The van der Waals surface area contributed by atoms with Gasteiger partial charge in [-0.1, -0.05) is 27.7 Å². The first-order chi connectivity index (χ1) is 9.31. The second-order valence-corrected chi connectivity index (χ2v) is 6.88. The standard InChI is InChI=1S/C16H29NO3/c1-10(2)9-14(16(19)20)17-15(18)13-7-5-12(6-8-13)11(3)4/h10-14H,5-9H2,1-4H3,(H,17,18)(H,19,20). The lowest BCUT2D eigenvalue weighted by atomic mass is 9.76. The number of nitrogens with one attached hydrogen (secondary N) is 1. The fourth-order valence-electron chi connectivity index (χ4n) is 3.03. The quantitative estimate of drug-likeness (QED) is 0.787. The highest BCUT2D eigenvalue weighted by atomic mass is 16.4. The number of hydrogen-bond acceptors (Lipinski definition) is 2. The molecule has 1 saturated carbocycles. The molecule has 4 nitrogen and oxygen atoms in total. The average molecular weight is 283 g/mol. The molecule has 0 heterocycles. The number of amides is 1. The third-order valence-corrected chi connectivity index (χ3v) is 4.41. The predicted octanol–water partition coefficient (Wildman–Crippen LogP) is 3.06. The Hall–Kier alpha value is -1.06. The first kappa shape index (κ1) is 17.0. The minimum Gasteiger partial charge on any atom is -0.480 e. The maximum Gasteiger partial charge on any atom is 0.326 e. The van der Waals surface area contributed by atoms with Crippen molar-refractivity contribution in [2.45, 2.75) is 65.8 Å². The topological polar surface area (TPSA) is 66.4 Å². The Bertz CT molecular complexity index is 331. The minimum absolute atomic E-state index is 0.000915. The van der Waals surface area contributed by atoms with Crippen LogP contribution < -0.4 is 5.32 Å². The van der Waals surface area contributed by atoms with Crippen LogP contribution in [0.3, 0.4) is 0 Å². The minimum atomic E-state index is -0.928. The number of hydrogen-bond donors (Lipinski definition) is 2. The second-order valence-electron chi connectivity index (χ2n) is 6.88. The fraction of sp³-hybridized carbons (Fsp3) is 0.875. The lowest BCUT2D eigenvalue weighted by Crippen LogP contribution is -2.45. The van der Waals surface area contributed by atoms with Crippen molar-refractivity contribution < 1.29 is 14.7 Å². The van der Waals surface area contributed by atoms with Gasteiger partial charge < -0.3 is 10.4 Å². The maximum absolute atomic E-state index is 12.2. The zero-order chi connectivity index (χ0) is 15.3. The van der Waals surface area contributed by atoms with E-state index in [2.05, 4.69) is 19.2 Å². The van der Waals surface area contributed by atoms with Gasteiger partial charge in [0.1, 0.15) is 6.04 Å². The molecule has 0 aromatic rings. The van der Waals surface area contributed by atoms with Gasteiger partial charge in [0, 0.05) is 5.92 Å². The highest BCUT2D eigenvalue weighted by Crippen LogP contribution is 2.33. The summed E-state index contributed by atoms with van der Waals surface area (Å²) in [4.78, 5) is 23.4. The van der Waals surface area contributed by atoms with Crippen molar-refractivity contribution in [2.24, 2.45) is 23.7 Å². The third kappa shape index (κ3) is 5.14. The fourth-order valence-corrected chi connectivity index (χ4v) is 3.03. The Morgan fingerprint density at radius 3 is 2.05 bits per heavy atom. The van der Waals surface area contributed by atoms with E-state index in [0.29, 0.717) is 18.3 Å². The van der Waals surface area contributed by atoms with Crippen LogP contribution in [0.15, 0.2) is 0 Å². The molecule has 0 aliphatic heterocycles. The van der Waals surface area contributed by atoms with Gasteiger partial charge in [-0.15, -0.1) is 0 Å². The van der Waals surface area contributed by atoms with E-state index in [-0.39, 0.29) is 17.7 Å². The molecule has 0 spiro atoms. The number of carboxylic acids is 1. The second kappa shape index (κ2) is 7.65. The van der Waals surface area contributed by atoms with E-state index in [1.807, 2.05) is 13.8 Å². The Morgan fingerprint density at radius 1 is 1.10 bits per heavy atom. The number of carboxylic acid groups (broad SMARTS) is 1. The van der Waals surface area contributed by atoms with Crippen LogP contribution in [0.4, 0.5) is 0 Å². The average Bonchev–Trinajstić information content (AvgIpc) is 2.37. The highest BCUT2D eigenvalue weighted by Gasteiger charge is 2.30. The molecule has 1 unspecified atom stereocenters. The Morgan fingerprint density at radius 2 is 1.65 bits per heavy atom. The van der Waals surface area contributed by atoms with Gasteiger partial charge in [-0.2, -0.15) is 0 Å². The predicted molar refractivity (Wildman–Crippen MR) is 79.3 cm³/mol. The van der Waals surface area contributed by atoms with Gasteiger partial charge >= 0.3 is 5.97 Å². The van der Waals surface area contributed by atoms with E-state index in [1.165, 1.54) is 0 Å². The summed E-state index contributed by atoms with van der Waals surface area (Å²) in [7, 11) is 0. The summed E-state index contributed by atoms with van der Waals surface area (Å²) in [5, 5.41) is 11.9. The molecule has 1 amide bonds. The van der Waals surface area contributed by atoms with Gasteiger partial charge in [-0.25, -0.2) is 4.79 Å². The lowest BCUT2D eigenvalue weighted by Gasteiger charge is -2.30. The summed E-state index contributed by atoms with van der Waals surface area (Å²) in [6.07, 6.45) is 4.43. The molecule has 1 aliphatic rings. The molecule has 2 N–H and O–H groups in total. The van der Waals surface area contributed by atoms with E-state index in [1.54, 1.807) is 0 Å². The van der Waals surface area contributed by atoms with Crippen molar-refractivity contribution in [1.29, 1.82) is 0 Å². The third-order valence-electron chi connectivity index (χ3n) is 4.41. The summed E-state index contributed by atoms with van der Waals surface area (Å²) in [5.74, 6) is 0.645. The lowest BCUT2D eigenvalue weighted by molar-refractivity contribution is -0.143. The number of carbonyl (C=O) groups excluding carboxylic acids is 1. The molecule has 1 aliphatic carbocycles. The first-order valence-electron chi connectivity index (χ1n) is 7.84. The summed E-state index contributed by atoms with van der Waals surface area (Å²) in [6, 6.07) is -0.745. The summed E-state index contributed by atoms with van der Waals surface area (Å²) in [6.45, 7) is 8.40. The molecular weight excluding hydrogens is 254 g/mol. The van der Waals surface area contributed by atoms with Crippen molar-refractivity contribution in [2.75, 3.05) is 0 Å². The van der Waals surface area contributed by atoms with Crippen LogP contribution in [0.2, 0.25) is 0 Å². The van der Waals surface area contributed by atoms with E-state index in [4.69, 9.17) is 5.11 Å². The largest absolute Gasteiger partial charge is 0.480 e. The van der Waals surface area contributed by atoms with Crippen molar-refractivity contribution in [3.63, 3.8) is 0 Å². The molecular formula is C16H29NO3. The molecule has 116 valence electrons. The van der Waals surface area contributed by atoms with Crippen molar-refractivity contribution in [3.05, 3.63) is 0 Å². The van der Waals surface area contributed by atoms with Crippen molar-refractivity contribution >= 4 is 11.9 Å². The molecule has 1 fully saturated rings. The van der Waals surface area contributed by atoms with Gasteiger partial charge in [0.2, 0.25) is 5.91 Å². The zero-order valence-electron chi connectivity index (χ0n) is 13.2. The van der Waals surface area contributed by atoms with E-state index >= 15 is 0 Å². The first-order valence-corrected chi connectivity index (χ1v) is 7.84. The van der Waals surface area contributed by atoms with E-state index < -0.39 is 12.0 Å². The molecule has 20 heavy (non-hydrogen) atoms. The van der Waals surface area contributed by atoms with Gasteiger partial charge in [-0.3, -0.25) is 4.79 Å². The van der Waals surface area contributed by atoms with Gasteiger partial charge in [0.15, 0.2) is 0 Å². The summed E-state index contributed by atoms with van der Waals surface area (Å²) in [5.41, 5.74) is 0. The van der Waals surface area contributed by atoms with Crippen molar-refractivity contribution in [1.82, 2.24) is 5.32 Å². The molecule has 1 atom stereocenters. The Balaban J connectivity index is 2.48. The number of aliphatic carboxylic acids is 1. The Labute approximate surface area is 122 Å². The maximum atomic E-state index is 12.2. The molecule has 1 rings (SSSR count). The normalized spacial score (nSPS) is 24.7. The van der Waals surface area contributed by atoms with Crippen LogP contribution >= 0.6 is 0 Å². The highest BCUT2D eigenvalue weighted by molar-refractivity contribution is 5.85. The number of rotatable bonds is 6. The van der Waals surface area contributed by atoms with Crippen LogP contribution in [0.5, 0.6) is 0 Å². The summed E-state index contributed by atoms with van der Waals surface area (Å²) >= 11 is 0. The molecule has 0 radical (unpaired) electrons. The molecule has 0 aromatic heterocycles. The van der Waals surface area contributed by atoms with Crippen LogP contribution in [0, 0.1) is 23.7 Å². The van der Waals surface area contributed by atoms with E-state index in [0.717, 1.165) is 25.7 Å². The molecule has 0 saturated heterocycles. The van der Waals surface area contributed by atoms with Crippen LogP contribution in [0.1, 0.15) is 59.8 Å². The van der Waals surface area contributed by atoms with Crippen LogP contribution in [-0.2, 0) is 9.59 Å². The van der Waals surface area contributed by atoms with Crippen LogP contribution in [-0.4, -0.2) is 23.0 Å². The SMILES string of the molecule is CC(C)CC(NC(=O)C1CCC(C(C)C)CC1)C(=O)O. The van der Waals surface area contributed by atoms with E-state index in [9.17, 15) is 9.59 Å². The van der Waals surface area contributed by atoms with Gasteiger partial charge in [0.25, 0.3) is 0 Å². The zero-order valence-corrected chi connectivity index (χ0v) is 13.2. The molecule has 4 heteroatoms. The molecule has 0 bridgehead atoms. The van der Waals surface area contributed by atoms with Crippen LogP contribution in [0.25, 0.3) is 0 Å². The smallest absolute Gasteiger partial charge is 0.326 e. The molecule has 0 aromatic carbocycles. The summed E-state index contributed by atoms with van der Waals surface area (Å²) < 4.78 is 0.